The number of allylic oxidation sites excluding steroid dienone is 3. The molecule has 0 bridgehead atoms. The molecule has 67 heavy (non-hydrogen) atoms. The molecule has 13 N–H and O–H groups in total. The van der Waals surface area contributed by atoms with E-state index in [4.69, 9.17) is 28.4 Å². The van der Waals surface area contributed by atoms with Crippen LogP contribution in [0.15, 0.2) is 23.3 Å². The van der Waals surface area contributed by atoms with Crippen molar-refractivity contribution < 1.29 is 94.8 Å². The summed E-state index contributed by atoms with van der Waals surface area (Å²) < 4.78 is 37.1. The van der Waals surface area contributed by atoms with Crippen LogP contribution in [0.4, 0.5) is 0 Å². The number of rotatable bonds is 11. The first-order chi connectivity index (χ1) is 31.5. The van der Waals surface area contributed by atoms with Crippen molar-refractivity contribution in [1.29, 1.82) is 0 Å². The highest BCUT2D eigenvalue weighted by atomic mass is 16.8. The minimum Gasteiger partial charge on any atom is -0.396 e. The van der Waals surface area contributed by atoms with Crippen molar-refractivity contribution in [1.82, 2.24) is 0 Å². The standard InChI is InChI=1S/C48H78O19/c1-22-31(55)38(66-40-36(60)34(58)32(56)25(17-49)63-40)39(67-41-37(61)35(59)33(57)26(18-50)64-41)42(62-22)65-30-10-11-44(3)27(45(30,4)20-52)9-12-46(5)28(44)8-7-23-24-15-43(2,19-51)13-14-48(24,21-53)29(54)16-47(23,46)6/h7-8,22,25-42,49-61H,9-21H2,1-6H3/t22-,25-,26-,27-,28-,29-,30+,31+,32-,33-,34+,35+,36-,37-,38+,39-,40+,41+,42+,43+,44+,45+,46-,47-,48-/m1/s1. The number of ether oxygens (including phenoxy) is 6. The Kier molecular flexibility index (Phi) is 14.5. The van der Waals surface area contributed by atoms with Crippen molar-refractivity contribution in [3.05, 3.63) is 23.3 Å². The summed E-state index contributed by atoms with van der Waals surface area (Å²) in [6.45, 7) is 10.4. The van der Waals surface area contributed by atoms with E-state index in [1.807, 2.05) is 6.92 Å². The smallest absolute Gasteiger partial charge is 0.187 e. The fourth-order valence-corrected chi connectivity index (χ4v) is 14.6. The molecule has 5 aliphatic carbocycles. The molecule has 25 atom stereocenters. The lowest BCUT2D eigenvalue weighted by molar-refractivity contribution is -0.398. The van der Waals surface area contributed by atoms with Crippen molar-refractivity contribution >= 4 is 0 Å². The Labute approximate surface area is 391 Å². The second-order valence-electron chi connectivity index (χ2n) is 22.9. The number of hydrogen-bond acceptors (Lipinski definition) is 19. The average molecular weight is 959 g/mol. The zero-order valence-electron chi connectivity index (χ0n) is 39.6. The molecule has 0 unspecified atom stereocenters. The predicted octanol–water partition coefficient (Wildman–Crippen LogP) is -1.52. The quantitative estimate of drug-likeness (QED) is 0.105. The van der Waals surface area contributed by atoms with Gasteiger partial charge in [-0.25, -0.2) is 0 Å². The maximum absolute atomic E-state index is 12.1. The van der Waals surface area contributed by atoms with Gasteiger partial charge in [0.15, 0.2) is 18.9 Å². The van der Waals surface area contributed by atoms with Gasteiger partial charge in [-0.15, -0.1) is 0 Å². The van der Waals surface area contributed by atoms with Crippen LogP contribution in [0, 0.1) is 44.3 Å². The number of aliphatic hydroxyl groups is 13. The fraction of sp³-hybridized carbons (Fsp3) is 0.917. The van der Waals surface area contributed by atoms with Gasteiger partial charge in [-0.1, -0.05) is 52.3 Å². The van der Waals surface area contributed by atoms with Gasteiger partial charge in [-0.3, -0.25) is 0 Å². The van der Waals surface area contributed by atoms with Crippen molar-refractivity contribution in [2.45, 2.75) is 197 Å². The van der Waals surface area contributed by atoms with Crippen LogP contribution in [0.2, 0.25) is 0 Å². The van der Waals surface area contributed by atoms with Gasteiger partial charge in [-0.05, 0) is 91.9 Å². The van der Waals surface area contributed by atoms with E-state index in [-0.39, 0.29) is 42.5 Å². The highest BCUT2D eigenvalue weighted by Crippen LogP contribution is 2.74. The molecule has 0 spiro atoms. The van der Waals surface area contributed by atoms with E-state index in [0.29, 0.717) is 44.9 Å². The lowest BCUT2D eigenvalue weighted by Crippen LogP contribution is -2.68. The summed E-state index contributed by atoms with van der Waals surface area (Å²) in [6.07, 6.45) is -16.8. The molecule has 384 valence electrons. The van der Waals surface area contributed by atoms with Gasteiger partial charge in [0.25, 0.3) is 0 Å². The second kappa shape index (κ2) is 18.6. The molecule has 8 aliphatic rings. The zero-order chi connectivity index (χ0) is 49.0. The molecule has 3 saturated heterocycles. The van der Waals surface area contributed by atoms with Crippen LogP contribution < -0.4 is 0 Å². The van der Waals surface area contributed by atoms with Crippen LogP contribution in [0.3, 0.4) is 0 Å². The normalized spacial score (nSPS) is 55.6. The third-order valence-corrected chi connectivity index (χ3v) is 19.2. The van der Waals surface area contributed by atoms with Gasteiger partial charge >= 0.3 is 0 Å². The van der Waals surface area contributed by atoms with Crippen molar-refractivity contribution in [2.75, 3.05) is 33.0 Å². The first kappa shape index (κ1) is 52.1. The largest absolute Gasteiger partial charge is 0.396 e. The van der Waals surface area contributed by atoms with E-state index < -0.39 is 139 Å². The maximum Gasteiger partial charge on any atom is 0.187 e. The zero-order valence-corrected chi connectivity index (χ0v) is 39.6. The van der Waals surface area contributed by atoms with Crippen molar-refractivity contribution in [2.24, 2.45) is 44.3 Å². The first-order valence-electron chi connectivity index (χ1n) is 24.3. The minimum absolute atomic E-state index is 0.00236. The molecular weight excluding hydrogens is 881 g/mol. The lowest BCUT2D eigenvalue weighted by atomic mass is 9.35. The summed E-state index contributed by atoms with van der Waals surface area (Å²) in [5.41, 5.74) is -1.14. The summed E-state index contributed by atoms with van der Waals surface area (Å²) in [6, 6.07) is 0. The summed E-state index contributed by atoms with van der Waals surface area (Å²) in [5, 5.41) is 141. The Morgan fingerprint density at radius 3 is 1.76 bits per heavy atom. The SMILES string of the molecule is C[C@H]1O[C@@H](O[C@H]2CC[C@@]3(C)[C@@H](CC[C@]4(C)[C@@H]3C=CC3=C5C[C@@](C)(CO)CC[C@]5(CO)[C@H](O)C[C@]34C)[C@]2(C)CO)[C@H](O[C@@H]2O[C@H](CO)[C@@H](O)[C@H](O)[C@H]2O)[C@@H](O[C@@H]2O[C@H](CO)[C@@H](O)[C@H](O)[C@H]2O)[C@H]1O. The molecule has 0 aromatic heterocycles. The van der Waals surface area contributed by atoms with E-state index in [2.05, 4.69) is 39.8 Å². The Bertz CT molecular complexity index is 1830. The van der Waals surface area contributed by atoms with Gasteiger partial charge in [-0.2, -0.15) is 0 Å². The number of fused-ring (bicyclic) bond motifs is 6. The van der Waals surface area contributed by atoms with Crippen LogP contribution >= 0.6 is 0 Å². The lowest BCUT2D eigenvalue weighted by Gasteiger charge is -2.70. The monoisotopic (exact) mass is 959 g/mol. The van der Waals surface area contributed by atoms with Crippen LogP contribution in [-0.4, -0.2) is 204 Å². The fourth-order valence-electron chi connectivity index (χ4n) is 14.6. The molecule has 0 amide bonds. The van der Waals surface area contributed by atoms with Crippen LogP contribution in [-0.2, 0) is 28.4 Å². The highest BCUT2D eigenvalue weighted by Gasteiger charge is 2.69. The third kappa shape index (κ3) is 7.97. The van der Waals surface area contributed by atoms with E-state index in [1.165, 1.54) is 6.92 Å². The molecular formula is C48H78O19. The summed E-state index contributed by atoms with van der Waals surface area (Å²) in [7, 11) is 0. The molecule has 3 saturated carbocycles. The van der Waals surface area contributed by atoms with Crippen LogP contribution in [0.5, 0.6) is 0 Å². The van der Waals surface area contributed by atoms with E-state index >= 15 is 0 Å². The number of hydrogen-bond donors (Lipinski definition) is 13. The highest BCUT2D eigenvalue weighted by molar-refractivity contribution is 5.47. The van der Waals surface area contributed by atoms with Crippen LogP contribution in [0.1, 0.15) is 92.9 Å². The topological polar surface area (TPSA) is 318 Å². The average Bonchev–Trinajstić information content (AvgIpc) is 3.30. The molecule has 0 aromatic carbocycles. The van der Waals surface area contributed by atoms with E-state index in [1.54, 1.807) is 0 Å². The molecule has 0 aromatic rings. The summed E-state index contributed by atoms with van der Waals surface area (Å²) in [5.74, 6) is -0.152. The Morgan fingerprint density at radius 2 is 1.21 bits per heavy atom. The Morgan fingerprint density at radius 1 is 0.612 bits per heavy atom. The van der Waals surface area contributed by atoms with Gasteiger partial charge in [0, 0.05) is 22.9 Å². The summed E-state index contributed by atoms with van der Waals surface area (Å²) >= 11 is 0. The minimum atomic E-state index is -1.90. The van der Waals surface area contributed by atoms with Gasteiger partial charge in [0.05, 0.1) is 44.7 Å². The molecule has 19 nitrogen and oxygen atoms in total. The molecule has 19 heteroatoms. The second-order valence-corrected chi connectivity index (χ2v) is 22.9. The van der Waals surface area contributed by atoms with E-state index in [9.17, 15) is 66.4 Å². The van der Waals surface area contributed by atoms with E-state index in [0.717, 1.165) is 17.6 Å². The Hall–Kier alpha value is -1.28. The third-order valence-electron chi connectivity index (χ3n) is 19.2. The molecule has 6 fully saturated rings. The van der Waals surface area contributed by atoms with Crippen molar-refractivity contribution in [3.8, 4) is 0 Å². The number of aliphatic hydroxyl groups excluding tert-OH is 13. The Balaban J connectivity index is 1.12. The van der Waals surface area contributed by atoms with Gasteiger partial charge in [0.2, 0.25) is 0 Å². The van der Waals surface area contributed by atoms with Gasteiger partial charge < -0.3 is 94.8 Å². The summed E-state index contributed by atoms with van der Waals surface area (Å²) in [4.78, 5) is 0. The molecule has 3 aliphatic heterocycles. The van der Waals surface area contributed by atoms with Gasteiger partial charge in [0.1, 0.15) is 67.1 Å². The first-order valence-corrected chi connectivity index (χ1v) is 24.3. The molecule has 8 rings (SSSR count). The molecule has 3 heterocycles. The predicted molar refractivity (Wildman–Crippen MR) is 233 cm³/mol. The van der Waals surface area contributed by atoms with Crippen molar-refractivity contribution in [3.63, 3.8) is 0 Å². The maximum atomic E-state index is 12.1. The molecule has 0 radical (unpaired) electrons. The van der Waals surface area contributed by atoms with Crippen LogP contribution in [0.25, 0.3) is 0 Å².